The Morgan fingerprint density at radius 2 is 1.84 bits per heavy atom. The highest BCUT2D eigenvalue weighted by Crippen LogP contribution is 2.23. The van der Waals surface area contributed by atoms with Crippen LogP contribution in [0.5, 0.6) is 0 Å². The first-order valence-electron chi connectivity index (χ1n) is 8.17. The third-order valence-electron chi connectivity index (χ3n) is 3.55. The Morgan fingerprint density at radius 1 is 1.08 bits per heavy atom. The lowest BCUT2D eigenvalue weighted by atomic mass is 10.2. The van der Waals surface area contributed by atoms with Gasteiger partial charge in [-0.3, -0.25) is 0 Å². The topological polar surface area (TPSA) is 43.1 Å². The molecule has 2 aromatic carbocycles. The molecule has 0 unspecified atom stereocenters. The van der Waals surface area contributed by atoms with Gasteiger partial charge in [0.1, 0.15) is 0 Å². The highest BCUT2D eigenvalue weighted by atomic mass is 79.9. The van der Waals surface area contributed by atoms with Gasteiger partial charge in [-0.25, -0.2) is 0 Å². The van der Waals surface area contributed by atoms with Crippen LogP contribution in [0.2, 0.25) is 0 Å². The van der Waals surface area contributed by atoms with E-state index in [1.54, 1.807) is 11.8 Å². The summed E-state index contributed by atoms with van der Waals surface area (Å²) in [6.45, 7) is 2.13. The fourth-order valence-corrected chi connectivity index (χ4v) is 3.40. The van der Waals surface area contributed by atoms with E-state index in [4.69, 9.17) is 0 Å². The van der Waals surface area contributed by atoms with Crippen molar-refractivity contribution in [3.05, 3.63) is 76.0 Å². The molecule has 6 heteroatoms. The summed E-state index contributed by atoms with van der Waals surface area (Å²) in [5, 5.41) is 14.1. The number of aromatic nitrogens is 3. The second-order valence-electron chi connectivity index (χ2n) is 5.53. The van der Waals surface area contributed by atoms with Crippen molar-refractivity contribution in [1.29, 1.82) is 0 Å². The summed E-state index contributed by atoms with van der Waals surface area (Å²) in [6, 6.07) is 18.4. The van der Waals surface area contributed by atoms with E-state index in [-0.39, 0.29) is 0 Å². The minimum Gasteiger partial charge on any atom is -0.191 e. The first kappa shape index (κ1) is 17.9. The molecule has 0 aliphatic carbocycles. The molecular weight excluding hydrogens is 396 g/mol. The van der Waals surface area contributed by atoms with Crippen LogP contribution in [0.3, 0.4) is 0 Å². The lowest BCUT2D eigenvalue weighted by Gasteiger charge is -2.04. The largest absolute Gasteiger partial charge is 0.212 e. The molecule has 0 bridgehead atoms. The summed E-state index contributed by atoms with van der Waals surface area (Å²) < 4.78 is 2.95. The molecule has 4 nitrogen and oxygen atoms in total. The second-order valence-corrected chi connectivity index (χ2v) is 7.39. The molecule has 25 heavy (non-hydrogen) atoms. The van der Waals surface area contributed by atoms with Crippen LogP contribution in [0.1, 0.15) is 30.3 Å². The van der Waals surface area contributed by atoms with Gasteiger partial charge in [0, 0.05) is 16.6 Å². The Labute approximate surface area is 160 Å². The first-order valence-corrected chi connectivity index (χ1v) is 9.95. The van der Waals surface area contributed by atoms with Crippen LogP contribution in [-0.4, -0.2) is 21.1 Å². The van der Waals surface area contributed by atoms with E-state index in [0.29, 0.717) is 0 Å². The maximum absolute atomic E-state index is 4.62. The van der Waals surface area contributed by atoms with Gasteiger partial charge in [0.05, 0.1) is 6.21 Å². The van der Waals surface area contributed by atoms with Gasteiger partial charge in [0.15, 0.2) is 5.82 Å². The van der Waals surface area contributed by atoms with Crippen molar-refractivity contribution in [2.24, 2.45) is 5.10 Å². The maximum atomic E-state index is 4.62. The van der Waals surface area contributed by atoms with Crippen LogP contribution in [0.4, 0.5) is 0 Å². The molecule has 0 N–H and O–H groups in total. The highest BCUT2D eigenvalue weighted by molar-refractivity contribution is 9.10. The van der Waals surface area contributed by atoms with Crippen molar-refractivity contribution in [2.45, 2.75) is 30.7 Å². The zero-order chi connectivity index (χ0) is 17.5. The van der Waals surface area contributed by atoms with E-state index in [1.807, 2.05) is 41.2 Å². The first-order chi connectivity index (χ1) is 12.3. The van der Waals surface area contributed by atoms with Crippen LogP contribution in [0.25, 0.3) is 0 Å². The summed E-state index contributed by atoms with van der Waals surface area (Å²) in [4.78, 5) is 0. The van der Waals surface area contributed by atoms with Gasteiger partial charge < -0.3 is 0 Å². The lowest BCUT2D eigenvalue weighted by Crippen LogP contribution is -2.00. The molecule has 0 saturated heterocycles. The quantitative estimate of drug-likeness (QED) is 0.395. The molecule has 128 valence electrons. The number of aryl methyl sites for hydroxylation is 1. The molecule has 0 amide bonds. The van der Waals surface area contributed by atoms with Crippen LogP contribution in [0, 0.1) is 0 Å². The molecule has 0 aliphatic heterocycles. The smallest absolute Gasteiger partial charge is 0.191 e. The molecule has 0 aliphatic rings. The Balaban J connectivity index is 1.78. The van der Waals surface area contributed by atoms with E-state index < -0.39 is 0 Å². The number of halogens is 1. The summed E-state index contributed by atoms with van der Waals surface area (Å²) >= 11 is 5.11. The number of benzene rings is 2. The minimum atomic E-state index is 0.818. The van der Waals surface area contributed by atoms with Crippen molar-refractivity contribution in [3.8, 4) is 0 Å². The van der Waals surface area contributed by atoms with Crippen molar-refractivity contribution >= 4 is 33.9 Å². The van der Waals surface area contributed by atoms with Crippen LogP contribution in [0.15, 0.2) is 69.3 Å². The molecule has 0 saturated carbocycles. The molecule has 0 atom stereocenters. The molecule has 0 fully saturated rings. The van der Waals surface area contributed by atoms with Crippen LogP contribution in [-0.2, 0) is 12.2 Å². The average molecular weight is 415 g/mol. The van der Waals surface area contributed by atoms with Gasteiger partial charge in [-0.1, -0.05) is 77.1 Å². The van der Waals surface area contributed by atoms with E-state index in [2.05, 4.69) is 62.4 Å². The van der Waals surface area contributed by atoms with E-state index in [1.165, 1.54) is 5.56 Å². The van der Waals surface area contributed by atoms with Crippen molar-refractivity contribution in [1.82, 2.24) is 14.9 Å². The predicted molar refractivity (Wildman–Crippen MR) is 107 cm³/mol. The molecule has 1 aromatic heterocycles. The maximum Gasteiger partial charge on any atom is 0.212 e. The predicted octanol–water partition coefficient (Wildman–Crippen LogP) is 5.17. The molecule has 0 spiro atoms. The lowest BCUT2D eigenvalue weighted by molar-refractivity contribution is 0.700. The normalized spacial score (nSPS) is 11.3. The molecule has 0 radical (unpaired) electrons. The zero-order valence-corrected chi connectivity index (χ0v) is 16.4. The number of hydrogen-bond acceptors (Lipinski definition) is 4. The minimum absolute atomic E-state index is 0.818. The summed E-state index contributed by atoms with van der Waals surface area (Å²) in [6.07, 6.45) is 3.72. The third-order valence-corrected chi connectivity index (χ3v) is 5.07. The SMILES string of the molecule is CCCc1nnc(SCc2ccc(Br)cc2)n1/N=C/c1ccccc1. The van der Waals surface area contributed by atoms with Crippen molar-refractivity contribution < 1.29 is 0 Å². The molecule has 1 heterocycles. The van der Waals surface area contributed by atoms with E-state index in [0.717, 1.165) is 39.6 Å². The summed E-state index contributed by atoms with van der Waals surface area (Å²) in [5.74, 6) is 1.73. The Morgan fingerprint density at radius 3 is 2.56 bits per heavy atom. The average Bonchev–Trinajstić information content (AvgIpc) is 3.02. The second kappa shape index (κ2) is 8.97. The van der Waals surface area contributed by atoms with Gasteiger partial charge in [-0.15, -0.1) is 10.2 Å². The van der Waals surface area contributed by atoms with Crippen molar-refractivity contribution in [2.75, 3.05) is 0 Å². The standard InChI is InChI=1S/C19H19BrN4S/c1-2-6-18-22-23-19(25-14-16-9-11-17(20)12-10-16)24(18)21-13-15-7-4-3-5-8-15/h3-5,7-13H,2,6,14H2,1H3/b21-13+. The van der Waals surface area contributed by atoms with Crippen LogP contribution < -0.4 is 0 Å². The Bertz CT molecular complexity index is 828. The number of nitrogens with zero attached hydrogens (tertiary/aromatic N) is 4. The fourth-order valence-electron chi connectivity index (χ4n) is 2.27. The number of rotatable bonds is 7. The molecule has 3 rings (SSSR count). The zero-order valence-electron chi connectivity index (χ0n) is 14.0. The van der Waals surface area contributed by atoms with Gasteiger partial charge in [0.2, 0.25) is 5.16 Å². The van der Waals surface area contributed by atoms with Gasteiger partial charge in [-0.05, 0) is 29.7 Å². The highest BCUT2D eigenvalue weighted by Gasteiger charge is 2.11. The fraction of sp³-hybridized carbons (Fsp3) is 0.211. The van der Waals surface area contributed by atoms with Crippen LogP contribution >= 0.6 is 27.7 Å². The summed E-state index contributed by atoms with van der Waals surface area (Å²) in [7, 11) is 0. The van der Waals surface area contributed by atoms with Gasteiger partial charge in [-0.2, -0.15) is 9.78 Å². The monoisotopic (exact) mass is 414 g/mol. The Hall–Kier alpha value is -1.92. The number of hydrogen-bond donors (Lipinski definition) is 0. The van der Waals surface area contributed by atoms with E-state index >= 15 is 0 Å². The summed E-state index contributed by atoms with van der Waals surface area (Å²) in [5.41, 5.74) is 2.30. The van der Waals surface area contributed by atoms with E-state index in [9.17, 15) is 0 Å². The molecular formula is C19H19BrN4S. The van der Waals surface area contributed by atoms with Crippen molar-refractivity contribution in [3.63, 3.8) is 0 Å². The Kier molecular flexibility index (Phi) is 6.42. The number of thioether (sulfide) groups is 1. The third kappa shape index (κ3) is 5.03. The molecule has 3 aromatic rings. The van der Waals surface area contributed by atoms with Gasteiger partial charge in [0.25, 0.3) is 0 Å². The van der Waals surface area contributed by atoms with Gasteiger partial charge >= 0.3 is 0 Å².